The number of alkyl carbamates (subject to hydrolysis) is 1. The minimum absolute atomic E-state index is 0.160. The number of Topliss-reactive ketones (excluding diaryl/α,β-unsaturated/α-hetero) is 1. The molecule has 92 valence electrons. The van der Waals surface area contributed by atoms with E-state index in [0.717, 1.165) is 0 Å². The van der Waals surface area contributed by atoms with Crippen LogP contribution in [0.25, 0.3) is 0 Å². The first-order valence-electron chi connectivity index (χ1n) is 4.95. The number of ketones is 1. The molecule has 5 nitrogen and oxygen atoms in total. The molecule has 0 aliphatic heterocycles. The van der Waals surface area contributed by atoms with Gasteiger partial charge >= 0.3 is 6.09 Å². The van der Waals surface area contributed by atoms with Gasteiger partial charge < -0.3 is 9.84 Å². The highest BCUT2D eigenvalue weighted by molar-refractivity contribution is 6.30. The Morgan fingerprint density at radius 3 is 2.53 bits per heavy atom. The van der Waals surface area contributed by atoms with E-state index in [2.05, 4.69) is 4.74 Å². The number of nitrogens with one attached hydrogen (secondary N) is 1. The van der Waals surface area contributed by atoms with Gasteiger partial charge in [0, 0.05) is 10.6 Å². The topological polar surface area (TPSA) is 75.6 Å². The number of aliphatic hydroxyl groups is 1. The lowest BCUT2D eigenvalue weighted by molar-refractivity contribution is 0.0635. The highest BCUT2D eigenvalue weighted by atomic mass is 35.5. The van der Waals surface area contributed by atoms with E-state index in [-0.39, 0.29) is 12.2 Å². The first-order chi connectivity index (χ1) is 8.04. The Hall–Kier alpha value is -1.59. The van der Waals surface area contributed by atoms with Crippen LogP contribution in [0.3, 0.4) is 0 Å². The maximum Gasteiger partial charge on any atom is 0.409 e. The summed E-state index contributed by atoms with van der Waals surface area (Å²) in [6.07, 6.45) is -2.47. The fourth-order valence-electron chi connectivity index (χ4n) is 1.12. The van der Waals surface area contributed by atoms with Gasteiger partial charge in [-0.1, -0.05) is 11.6 Å². The van der Waals surface area contributed by atoms with Crippen molar-refractivity contribution in [1.82, 2.24) is 5.32 Å². The van der Waals surface area contributed by atoms with Crippen LogP contribution in [0.15, 0.2) is 24.3 Å². The number of halogens is 1. The van der Waals surface area contributed by atoms with Crippen LogP contribution in [0, 0.1) is 0 Å². The van der Waals surface area contributed by atoms with Crippen LogP contribution in [0.4, 0.5) is 4.79 Å². The Bertz CT molecular complexity index is 404. The van der Waals surface area contributed by atoms with Gasteiger partial charge in [-0.2, -0.15) is 0 Å². The highest BCUT2D eigenvalue weighted by Gasteiger charge is 2.19. The molecule has 0 aliphatic carbocycles. The predicted molar refractivity (Wildman–Crippen MR) is 61.9 cm³/mol. The number of aliphatic hydroxyl groups excluding tert-OH is 1. The Balaban J connectivity index is 2.63. The van der Waals surface area contributed by atoms with Gasteiger partial charge in [-0.3, -0.25) is 10.1 Å². The van der Waals surface area contributed by atoms with E-state index < -0.39 is 18.1 Å². The second kappa shape index (κ2) is 6.22. The molecule has 0 unspecified atom stereocenters. The quantitative estimate of drug-likeness (QED) is 0.634. The molecule has 0 fully saturated rings. The fraction of sp³-hybridized carbons (Fsp3) is 0.273. The first-order valence-corrected chi connectivity index (χ1v) is 5.33. The number of ether oxygens (including phenoxy) is 1. The van der Waals surface area contributed by atoms with Crippen molar-refractivity contribution in [2.75, 3.05) is 6.61 Å². The highest BCUT2D eigenvalue weighted by Crippen LogP contribution is 2.10. The zero-order valence-electron chi connectivity index (χ0n) is 9.14. The monoisotopic (exact) mass is 257 g/mol. The van der Waals surface area contributed by atoms with Gasteiger partial charge in [0.1, 0.15) is 0 Å². The van der Waals surface area contributed by atoms with Crippen LogP contribution >= 0.6 is 11.6 Å². The molecule has 0 saturated carbocycles. The smallest absolute Gasteiger partial charge is 0.409 e. The van der Waals surface area contributed by atoms with Crippen LogP contribution in [0.1, 0.15) is 17.3 Å². The van der Waals surface area contributed by atoms with Crippen molar-refractivity contribution < 1.29 is 19.4 Å². The number of hydrogen-bond donors (Lipinski definition) is 2. The second-order valence-electron chi connectivity index (χ2n) is 3.14. The van der Waals surface area contributed by atoms with Crippen LogP contribution in [-0.2, 0) is 4.74 Å². The molecular weight excluding hydrogens is 246 g/mol. The average molecular weight is 258 g/mol. The molecule has 1 aromatic rings. The average Bonchev–Trinajstić information content (AvgIpc) is 2.29. The van der Waals surface area contributed by atoms with E-state index in [0.29, 0.717) is 5.02 Å². The van der Waals surface area contributed by atoms with Gasteiger partial charge in [-0.25, -0.2) is 4.79 Å². The number of carbonyl (C=O) groups is 2. The predicted octanol–water partition coefficient (Wildman–Crippen LogP) is 1.59. The van der Waals surface area contributed by atoms with E-state index in [1.165, 1.54) is 24.3 Å². The summed E-state index contributed by atoms with van der Waals surface area (Å²) >= 11 is 5.66. The molecule has 1 rings (SSSR count). The van der Waals surface area contributed by atoms with Crippen molar-refractivity contribution in [3.05, 3.63) is 34.9 Å². The van der Waals surface area contributed by atoms with Crippen molar-refractivity contribution in [2.24, 2.45) is 0 Å². The molecule has 1 aromatic carbocycles. The largest absolute Gasteiger partial charge is 0.450 e. The number of rotatable bonds is 4. The van der Waals surface area contributed by atoms with E-state index in [1.54, 1.807) is 6.92 Å². The minimum Gasteiger partial charge on any atom is -0.450 e. The molecule has 1 amide bonds. The molecule has 0 saturated heterocycles. The third-order valence-corrected chi connectivity index (χ3v) is 2.16. The van der Waals surface area contributed by atoms with Crippen LogP contribution < -0.4 is 5.32 Å². The molecule has 0 aromatic heterocycles. The van der Waals surface area contributed by atoms with Crippen molar-refractivity contribution in [1.29, 1.82) is 0 Å². The van der Waals surface area contributed by atoms with E-state index in [9.17, 15) is 14.7 Å². The number of amides is 1. The number of carbonyl (C=O) groups excluding carboxylic acids is 2. The Morgan fingerprint density at radius 2 is 2.00 bits per heavy atom. The molecule has 0 heterocycles. The summed E-state index contributed by atoms with van der Waals surface area (Å²) in [5.41, 5.74) is 0.249. The number of benzene rings is 1. The summed E-state index contributed by atoms with van der Waals surface area (Å²) in [4.78, 5) is 22.6. The third-order valence-electron chi connectivity index (χ3n) is 1.91. The van der Waals surface area contributed by atoms with E-state index in [1.807, 2.05) is 5.32 Å². The van der Waals surface area contributed by atoms with Gasteiger partial charge in [0.15, 0.2) is 6.23 Å². The normalized spacial score (nSPS) is 11.7. The Kier molecular flexibility index (Phi) is 4.93. The van der Waals surface area contributed by atoms with E-state index >= 15 is 0 Å². The van der Waals surface area contributed by atoms with Crippen LogP contribution in [0.5, 0.6) is 0 Å². The molecular formula is C11H12ClNO4. The summed E-state index contributed by atoms with van der Waals surface area (Å²) in [6, 6.07) is 5.96. The fourth-order valence-corrected chi connectivity index (χ4v) is 1.25. The summed E-state index contributed by atoms with van der Waals surface area (Å²) in [5.74, 6) is -0.630. The van der Waals surface area contributed by atoms with Gasteiger partial charge in [0.05, 0.1) is 6.61 Å². The molecule has 0 radical (unpaired) electrons. The maximum absolute atomic E-state index is 11.6. The third kappa shape index (κ3) is 4.05. The Morgan fingerprint density at radius 1 is 1.41 bits per heavy atom. The molecule has 17 heavy (non-hydrogen) atoms. The van der Waals surface area contributed by atoms with E-state index in [4.69, 9.17) is 11.6 Å². The van der Waals surface area contributed by atoms with Gasteiger partial charge in [0.2, 0.25) is 5.78 Å². The lowest BCUT2D eigenvalue weighted by Crippen LogP contribution is -2.40. The molecule has 2 N–H and O–H groups in total. The molecule has 6 heteroatoms. The molecule has 0 bridgehead atoms. The lowest BCUT2D eigenvalue weighted by Gasteiger charge is -2.11. The Labute approximate surface area is 103 Å². The summed E-state index contributed by atoms with van der Waals surface area (Å²) in [7, 11) is 0. The molecule has 1 atom stereocenters. The zero-order valence-corrected chi connectivity index (χ0v) is 9.90. The number of hydrogen-bond acceptors (Lipinski definition) is 4. The van der Waals surface area contributed by atoms with Gasteiger partial charge in [0.25, 0.3) is 0 Å². The zero-order chi connectivity index (χ0) is 12.8. The van der Waals surface area contributed by atoms with Crippen LogP contribution in [0.2, 0.25) is 5.02 Å². The molecule has 0 aliphatic rings. The summed E-state index contributed by atoms with van der Waals surface area (Å²) < 4.78 is 4.53. The maximum atomic E-state index is 11.6. The second-order valence-corrected chi connectivity index (χ2v) is 3.57. The van der Waals surface area contributed by atoms with Crippen molar-refractivity contribution in [3.63, 3.8) is 0 Å². The lowest BCUT2D eigenvalue weighted by atomic mass is 10.1. The summed E-state index contributed by atoms with van der Waals surface area (Å²) in [6.45, 7) is 1.78. The standard InChI is InChI=1S/C11H12ClNO4/c1-2-17-11(16)13-10(15)9(14)7-3-5-8(12)6-4-7/h3-6,10,15H,2H2,1H3,(H,13,16)/t10-/m1/s1. The minimum atomic E-state index is -1.63. The molecule has 0 spiro atoms. The first kappa shape index (κ1) is 13.5. The van der Waals surface area contributed by atoms with Crippen molar-refractivity contribution in [2.45, 2.75) is 13.2 Å². The van der Waals surface area contributed by atoms with Crippen LogP contribution in [-0.4, -0.2) is 29.8 Å². The van der Waals surface area contributed by atoms with Gasteiger partial charge in [-0.15, -0.1) is 0 Å². The van der Waals surface area contributed by atoms with Crippen molar-refractivity contribution in [3.8, 4) is 0 Å². The van der Waals surface area contributed by atoms with Crippen molar-refractivity contribution >= 4 is 23.5 Å². The SMILES string of the molecule is CCOC(=O)N[C@H](O)C(=O)c1ccc(Cl)cc1. The summed E-state index contributed by atoms with van der Waals surface area (Å²) in [5, 5.41) is 11.9. The van der Waals surface area contributed by atoms with Gasteiger partial charge in [-0.05, 0) is 31.2 Å².